The molecule has 0 aliphatic carbocycles. The van der Waals surface area contributed by atoms with Crippen molar-refractivity contribution in [2.24, 2.45) is 0 Å². The molecular weight excluding hydrogens is 194 g/mol. The van der Waals surface area contributed by atoms with Crippen molar-refractivity contribution in [1.82, 2.24) is 4.98 Å². The van der Waals surface area contributed by atoms with Crippen molar-refractivity contribution in [3.8, 4) is 11.1 Å². The molecule has 0 saturated carbocycles. The zero-order chi connectivity index (χ0) is 11.5. The lowest BCUT2D eigenvalue weighted by Gasteiger charge is -2.04. The molecule has 0 fully saturated rings. The normalized spacial score (nSPS) is 10.1. The fourth-order valence-corrected chi connectivity index (χ4v) is 1.59. The third-order valence-electron chi connectivity index (χ3n) is 2.58. The summed E-state index contributed by atoms with van der Waals surface area (Å²) in [6, 6.07) is 12.6. The second kappa shape index (κ2) is 4.31. The molecule has 0 spiro atoms. The zero-order valence-corrected chi connectivity index (χ0v) is 9.70. The maximum atomic E-state index is 4.28. The fraction of sp³-hybridized carbons (Fsp3) is 0.133. The van der Waals surface area contributed by atoms with Crippen molar-refractivity contribution >= 4 is 5.57 Å². The molecule has 1 heterocycles. The summed E-state index contributed by atoms with van der Waals surface area (Å²) in [6.07, 6.45) is 1.83. The minimum absolute atomic E-state index is 0.957. The van der Waals surface area contributed by atoms with Gasteiger partial charge in [-0.05, 0) is 42.7 Å². The van der Waals surface area contributed by atoms with Crippen LogP contribution >= 0.6 is 0 Å². The molecule has 0 N–H and O–H groups in total. The van der Waals surface area contributed by atoms with Crippen LogP contribution < -0.4 is 0 Å². The van der Waals surface area contributed by atoms with Gasteiger partial charge in [0, 0.05) is 6.20 Å². The smallest absolute Gasteiger partial charge is 0.0659 e. The van der Waals surface area contributed by atoms with E-state index in [9.17, 15) is 0 Å². The number of benzene rings is 1. The van der Waals surface area contributed by atoms with E-state index in [0.29, 0.717) is 0 Å². The number of pyridine rings is 1. The Hall–Kier alpha value is -1.89. The number of hydrogen-bond acceptors (Lipinski definition) is 1. The van der Waals surface area contributed by atoms with Crippen LogP contribution in [0.4, 0.5) is 0 Å². The molecule has 0 radical (unpaired) electrons. The van der Waals surface area contributed by atoms with Crippen molar-refractivity contribution in [2.75, 3.05) is 0 Å². The number of aryl methyl sites for hydroxylation is 1. The predicted octanol–water partition coefficient (Wildman–Crippen LogP) is 4.09. The number of nitrogens with zero attached hydrogens (tertiary/aromatic N) is 1. The highest BCUT2D eigenvalue weighted by molar-refractivity contribution is 5.68. The van der Waals surface area contributed by atoms with Gasteiger partial charge < -0.3 is 0 Å². The summed E-state index contributed by atoms with van der Waals surface area (Å²) in [5, 5.41) is 0. The van der Waals surface area contributed by atoms with E-state index in [-0.39, 0.29) is 0 Å². The fourth-order valence-electron chi connectivity index (χ4n) is 1.59. The maximum Gasteiger partial charge on any atom is 0.0659 e. The van der Waals surface area contributed by atoms with E-state index in [1.165, 1.54) is 16.7 Å². The van der Waals surface area contributed by atoms with Crippen LogP contribution in [0.3, 0.4) is 0 Å². The Morgan fingerprint density at radius 3 is 2.38 bits per heavy atom. The van der Waals surface area contributed by atoms with E-state index in [2.05, 4.69) is 48.8 Å². The van der Waals surface area contributed by atoms with Crippen LogP contribution in [0, 0.1) is 6.92 Å². The van der Waals surface area contributed by atoms with Gasteiger partial charge in [-0.3, -0.25) is 4.98 Å². The van der Waals surface area contributed by atoms with Gasteiger partial charge in [-0.15, -0.1) is 0 Å². The molecule has 1 nitrogen and oxygen atoms in total. The standard InChI is InChI=1S/C15H15N/c1-11(2)15-10-14(8-9-16-15)13-6-4-12(3)5-7-13/h4-10H,1H2,2-3H3. The van der Waals surface area contributed by atoms with Gasteiger partial charge in [0.25, 0.3) is 0 Å². The summed E-state index contributed by atoms with van der Waals surface area (Å²) in [4.78, 5) is 4.28. The van der Waals surface area contributed by atoms with E-state index in [4.69, 9.17) is 0 Å². The molecule has 0 amide bonds. The van der Waals surface area contributed by atoms with Crippen LogP contribution in [0.25, 0.3) is 16.7 Å². The molecule has 0 aliphatic heterocycles. The average Bonchev–Trinajstić information content (AvgIpc) is 2.30. The van der Waals surface area contributed by atoms with Gasteiger partial charge in [-0.25, -0.2) is 0 Å². The van der Waals surface area contributed by atoms with E-state index >= 15 is 0 Å². The molecular formula is C15H15N. The van der Waals surface area contributed by atoms with Gasteiger partial charge in [-0.1, -0.05) is 36.4 Å². The van der Waals surface area contributed by atoms with Crippen LogP contribution in [0.1, 0.15) is 18.2 Å². The first-order valence-corrected chi connectivity index (χ1v) is 5.36. The molecule has 0 atom stereocenters. The van der Waals surface area contributed by atoms with Crippen LogP contribution in [0.15, 0.2) is 49.2 Å². The second-order valence-corrected chi connectivity index (χ2v) is 4.08. The summed E-state index contributed by atoms with van der Waals surface area (Å²) in [6.45, 7) is 7.98. The zero-order valence-electron chi connectivity index (χ0n) is 9.70. The van der Waals surface area contributed by atoms with Crippen LogP contribution in [-0.4, -0.2) is 4.98 Å². The minimum atomic E-state index is 0.957. The summed E-state index contributed by atoms with van der Waals surface area (Å²) in [5.41, 5.74) is 5.63. The largest absolute Gasteiger partial charge is 0.257 e. The molecule has 1 heteroatoms. The van der Waals surface area contributed by atoms with Crippen molar-refractivity contribution in [2.45, 2.75) is 13.8 Å². The van der Waals surface area contributed by atoms with Crippen molar-refractivity contribution < 1.29 is 0 Å². The van der Waals surface area contributed by atoms with E-state index in [1.54, 1.807) is 0 Å². The van der Waals surface area contributed by atoms with Crippen LogP contribution in [0.2, 0.25) is 0 Å². The number of hydrogen-bond donors (Lipinski definition) is 0. The van der Waals surface area contributed by atoms with Gasteiger partial charge >= 0.3 is 0 Å². The molecule has 2 aromatic rings. The highest BCUT2D eigenvalue weighted by Gasteiger charge is 2.00. The van der Waals surface area contributed by atoms with Crippen LogP contribution in [0.5, 0.6) is 0 Å². The molecule has 0 unspecified atom stereocenters. The Morgan fingerprint density at radius 2 is 1.75 bits per heavy atom. The van der Waals surface area contributed by atoms with E-state index < -0.39 is 0 Å². The lowest BCUT2D eigenvalue weighted by molar-refractivity contribution is 1.27. The molecule has 2 rings (SSSR count). The first-order valence-electron chi connectivity index (χ1n) is 5.36. The lowest BCUT2D eigenvalue weighted by Crippen LogP contribution is -1.86. The topological polar surface area (TPSA) is 12.9 Å². The Balaban J connectivity index is 2.44. The van der Waals surface area contributed by atoms with Crippen molar-refractivity contribution in [1.29, 1.82) is 0 Å². The van der Waals surface area contributed by atoms with Gasteiger partial charge in [0.1, 0.15) is 0 Å². The highest BCUT2D eigenvalue weighted by Crippen LogP contribution is 2.21. The SMILES string of the molecule is C=C(C)c1cc(-c2ccc(C)cc2)ccn1. The molecule has 1 aromatic heterocycles. The monoisotopic (exact) mass is 209 g/mol. The van der Waals surface area contributed by atoms with Gasteiger partial charge in [-0.2, -0.15) is 0 Å². The highest BCUT2D eigenvalue weighted by atomic mass is 14.7. The summed E-state index contributed by atoms with van der Waals surface area (Å²) in [7, 11) is 0. The Kier molecular flexibility index (Phi) is 2.86. The molecule has 0 aliphatic rings. The van der Waals surface area contributed by atoms with Gasteiger partial charge in [0.05, 0.1) is 5.69 Å². The first kappa shape index (κ1) is 10.6. The minimum Gasteiger partial charge on any atom is -0.257 e. The third kappa shape index (κ3) is 2.19. The quantitative estimate of drug-likeness (QED) is 0.726. The Bertz CT molecular complexity index is 509. The molecule has 16 heavy (non-hydrogen) atoms. The molecule has 0 bridgehead atoms. The van der Waals surface area contributed by atoms with Gasteiger partial charge in [0.2, 0.25) is 0 Å². The number of aromatic nitrogens is 1. The number of allylic oxidation sites excluding steroid dienone is 1. The maximum absolute atomic E-state index is 4.28. The summed E-state index contributed by atoms with van der Waals surface area (Å²) < 4.78 is 0. The van der Waals surface area contributed by atoms with E-state index in [1.807, 2.05) is 19.2 Å². The predicted molar refractivity (Wildman–Crippen MR) is 69.1 cm³/mol. The molecule has 80 valence electrons. The Labute approximate surface area is 96.5 Å². The molecule has 1 aromatic carbocycles. The lowest BCUT2D eigenvalue weighted by atomic mass is 10.0. The van der Waals surface area contributed by atoms with E-state index in [0.717, 1.165) is 11.3 Å². The Morgan fingerprint density at radius 1 is 1.06 bits per heavy atom. The van der Waals surface area contributed by atoms with Crippen LogP contribution in [-0.2, 0) is 0 Å². The second-order valence-electron chi connectivity index (χ2n) is 4.08. The molecule has 0 saturated heterocycles. The van der Waals surface area contributed by atoms with Crippen molar-refractivity contribution in [3.63, 3.8) is 0 Å². The first-order chi connectivity index (χ1) is 7.66. The van der Waals surface area contributed by atoms with Gasteiger partial charge in [0.15, 0.2) is 0 Å². The third-order valence-corrected chi connectivity index (χ3v) is 2.58. The summed E-state index contributed by atoms with van der Waals surface area (Å²) in [5.74, 6) is 0. The summed E-state index contributed by atoms with van der Waals surface area (Å²) >= 11 is 0. The average molecular weight is 209 g/mol. The van der Waals surface area contributed by atoms with Crippen molar-refractivity contribution in [3.05, 3.63) is 60.4 Å². The number of rotatable bonds is 2.